The van der Waals surface area contributed by atoms with Gasteiger partial charge in [0.1, 0.15) is 5.69 Å². The molecule has 0 fully saturated rings. The van der Waals surface area contributed by atoms with Gasteiger partial charge in [-0.25, -0.2) is 0 Å². The van der Waals surface area contributed by atoms with Crippen molar-refractivity contribution in [3.8, 4) is 0 Å². The molecule has 2 aromatic rings. The summed E-state index contributed by atoms with van der Waals surface area (Å²) in [6.45, 7) is 5.64. The van der Waals surface area contributed by atoms with Crippen LogP contribution in [0.4, 0.5) is 0 Å². The Morgan fingerprint density at radius 1 is 1.32 bits per heavy atom. The van der Waals surface area contributed by atoms with Crippen LogP contribution in [0.2, 0.25) is 10.0 Å². The highest BCUT2D eigenvalue weighted by molar-refractivity contribution is 7.71. The number of nitrogens with zero attached hydrogens (tertiary/aromatic N) is 3. The maximum atomic E-state index is 12.5. The van der Waals surface area contributed by atoms with Crippen LogP contribution in [0, 0.1) is 4.77 Å². The van der Waals surface area contributed by atoms with Crippen molar-refractivity contribution in [2.45, 2.75) is 26.2 Å². The monoisotopic (exact) mass is 356 g/mol. The number of halogens is 2. The highest BCUT2D eigenvalue weighted by atomic mass is 35.5. The second-order valence-electron chi connectivity index (χ2n) is 5.62. The van der Waals surface area contributed by atoms with Gasteiger partial charge in [-0.2, -0.15) is 14.9 Å². The molecule has 1 aromatic heterocycles. The summed E-state index contributed by atoms with van der Waals surface area (Å²) < 4.78 is 1.17. The van der Waals surface area contributed by atoms with Gasteiger partial charge in [0.05, 0.1) is 16.3 Å². The Kier molecular flexibility index (Phi) is 4.84. The smallest absolute Gasteiger partial charge is 0.265 e. The Balaban J connectivity index is 2.58. The van der Waals surface area contributed by atoms with Crippen LogP contribution in [0.1, 0.15) is 32.0 Å². The quantitative estimate of drug-likeness (QED) is 0.657. The zero-order valence-electron chi connectivity index (χ0n) is 12.2. The average molecular weight is 357 g/mol. The Hall–Kier alpha value is -1.50. The van der Waals surface area contributed by atoms with Gasteiger partial charge in [0.2, 0.25) is 4.77 Å². The van der Waals surface area contributed by atoms with Crippen LogP contribution in [0.3, 0.4) is 0 Å². The van der Waals surface area contributed by atoms with Gasteiger partial charge in [-0.1, -0.05) is 50.0 Å². The third-order valence-corrected chi connectivity index (χ3v) is 3.79. The van der Waals surface area contributed by atoms with Gasteiger partial charge in [0.15, 0.2) is 0 Å². The Morgan fingerprint density at radius 2 is 1.91 bits per heavy atom. The fourth-order valence-electron chi connectivity index (χ4n) is 1.73. The second-order valence-corrected chi connectivity index (χ2v) is 6.83. The van der Waals surface area contributed by atoms with E-state index in [2.05, 4.69) is 15.3 Å². The molecule has 5 nitrogen and oxygen atoms in total. The van der Waals surface area contributed by atoms with Crippen LogP contribution in [0.5, 0.6) is 0 Å². The van der Waals surface area contributed by atoms with E-state index in [1.54, 1.807) is 18.2 Å². The number of hydrogen-bond acceptors (Lipinski definition) is 4. The van der Waals surface area contributed by atoms with Crippen molar-refractivity contribution in [1.82, 2.24) is 14.9 Å². The van der Waals surface area contributed by atoms with Crippen LogP contribution >= 0.6 is 35.4 Å². The molecule has 0 radical (unpaired) electrons. The summed E-state index contributed by atoms with van der Waals surface area (Å²) in [4.78, 5) is 12.5. The lowest BCUT2D eigenvalue weighted by atomic mass is 9.93. The molecule has 1 heterocycles. The molecule has 8 heteroatoms. The Bertz CT molecular complexity index is 829. The van der Waals surface area contributed by atoms with E-state index < -0.39 is 5.41 Å². The van der Waals surface area contributed by atoms with E-state index in [0.29, 0.717) is 21.3 Å². The topological polar surface area (TPSA) is 63.0 Å². The summed E-state index contributed by atoms with van der Waals surface area (Å²) in [5.41, 5.74) is 0.0380. The van der Waals surface area contributed by atoms with Crippen molar-refractivity contribution in [1.29, 1.82) is 0 Å². The minimum Gasteiger partial charge on any atom is -0.265 e. The second kappa shape index (κ2) is 6.32. The molecule has 2 rings (SSSR count). The number of nitrogens with one attached hydrogen (secondary N) is 1. The lowest BCUT2D eigenvalue weighted by molar-refractivity contribution is 0.529. The molecule has 0 aliphatic carbocycles. The largest absolute Gasteiger partial charge is 0.297 e. The zero-order chi connectivity index (χ0) is 16.5. The van der Waals surface area contributed by atoms with Gasteiger partial charge in [-0.15, -0.1) is 0 Å². The molecular formula is C14H14Cl2N4OS. The van der Waals surface area contributed by atoms with Crippen LogP contribution in [0.15, 0.2) is 28.1 Å². The number of hydrogen-bond donors (Lipinski definition) is 1. The summed E-state index contributed by atoms with van der Waals surface area (Å²) in [5.74, 6) is 0. The van der Waals surface area contributed by atoms with Crippen molar-refractivity contribution in [3.05, 3.63) is 54.6 Å². The lowest BCUT2D eigenvalue weighted by Gasteiger charge is -2.16. The molecule has 0 atom stereocenters. The first-order valence-electron chi connectivity index (χ1n) is 6.42. The highest BCUT2D eigenvalue weighted by Crippen LogP contribution is 2.22. The summed E-state index contributed by atoms with van der Waals surface area (Å²) in [6, 6.07) is 5.10. The normalized spacial score (nSPS) is 12.0. The van der Waals surface area contributed by atoms with Crippen LogP contribution in [-0.2, 0) is 5.41 Å². The number of aromatic amines is 1. The fourth-order valence-corrected chi connectivity index (χ4v) is 2.41. The van der Waals surface area contributed by atoms with Crippen molar-refractivity contribution in [2.75, 3.05) is 0 Å². The molecule has 0 spiro atoms. The SMILES string of the molecule is CC(C)(C)c1n[nH]c(=S)n(/N=C\c2c(Cl)cccc2Cl)c1=O. The average Bonchev–Trinajstić information content (AvgIpc) is 2.39. The first-order chi connectivity index (χ1) is 10.2. The number of rotatable bonds is 2. The third-order valence-electron chi connectivity index (χ3n) is 2.86. The Morgan fingerprint density at radius 3 is 2.45 bits per heavy atom. The molecule has 1 aromatic carbocycles. The zero-order valence-corrected chi connectivity index (χ0v) is 14.6. The molecular weight excluding hydrogens is 343 g/mol. The molecule has 0 saturated heterocycles. The van der Waals surface area contributed by atoms with E-state index in [1.165, 1.54) is 6.21 Å². The van der Waals surface area contributed by atoms with E-state index in [4.69, 9.17) is 35.4 Å². The predicted molar refractivity (Wildman–Crippen MR) is 91.8 cm³/mol. The van der Waals surface area contributed by atoms with E-state index >= 15 is 0 Å². The first-order valence-corrected chi connectivity index (χ1v) is 7.59. The van der Waals surface area contributed by atoms with Crippen molar-refractivity contribution in [2.24, 2.45) is 5.10 Å². The van der Waals surface area contributed by atoms with Crippen molar-refractivity contribution in [3.63, 3.8) is 0 Å². The van der Waals surface area contributed by atoms with E-state index in [0.717, 1.165) is 4.68 Å². The standard InChI is InChI=1S/C14H14Cl2N4OS/c1-14(2,3)11-12(21)20(13(22)19-18-11)17-7-8-9(15)5-4-6-10(8)16/h4-7H,1-3H3,(H,19,22)/b17-7-. The van der Waals surface area contributed by atoms with Crippen LogP contribution < -0.4 is 5.56 Å². The van der Waals surface area contributed by atoms with Gasteiger partial charge in [-0.3, -0.25) is 9.89 Å². The van der Waals surface area contributed by atoms with Crippen molar-refractivity contribution >= 4 is 41.6 Å². The van der Waals surface area contributed by atoms with Gasteiger partial charge in [0, 0.05) is 11.0 Å². The Labute approximate surface area is 142 Å². The minimum atomic E-state index is -0.435. The summed E-state index contributed by atoms with van der Waals surface area (Å²) >= 11 is 17.2. The first kappa shape index (κ1) is 16.9. The molecule has 1 N–H and O–H groups in total. The lowest BCUT2D eigenvalue weighted by Crippen LogP contribution is -2.32. The molecule has 0 saturated carbocycles. The summed E-state index contributed by atoms with van der Waals surface area (Å²) in [6.07, 6.45) is 1.40. The predicted octanol–water partition coefficient (Wildman–Crippen LogP) is 3.79. The third kappa shape index (κ3) is 3.45. The van der Waals surface area contributed by atoms with Gasteiger partial charge in [-0.05, 0) is 24.4 Å². The molecule has 0 aliphatic rings. The molecule has 116 valence electrons. The van der Waals surface area contributed by atoms with Gasteiger partial charge < -0.3 is 0 Å². The van der Waals surface area contributed by atoms with E-state index in [9.17, 15) is 4.79 Å². The number of H-pyrrole nitrogens is 1. The maximum absolute atomic E-state index is 12.5. The fraction of sp³-hybridized carbons (Fsp3) is 0.286. The molecule has 0 bridgehead atoms. The van der Waals surface area contributed by atoms with Crippen LogP contribution in [-0.4, -0.2) is 21.1 Å². The maximum Gasteiger partial charge on any atom is 0.297 e. The molecule has 22 heavy (non-hydrogen) atoms. The van der Waals surface area contributed by atoms with Crippen molar-refractivity contribution < 1.29 is 0 Å². The molecule has 0 aliphatic heterocycles. The molecule has 0 amide bonds. The summed E-state index contributed by atoms with van der Waals surface area (Å²) in [7, 11) is 0. The van der Waals surface area contributed by atoms with Gasteiger partial charge in [0.25, 0.3) is 5.56 Å². The molecule has 0 unspecified atom stereocenters. The number of benzene rings is 1. The summed E-state index contributed by atoms with van der Waals surface area (Å²) in [5, 5.41) is 11.6. The minimum absolute atomic E-state index is 0.0948. The highest BCUT2D eigenvalue weighted by Gasteiger charge is 2.21. The van der Waals surface area contributed by atoms with Gasteiger partial charge >= 0.3 is 0 Å². The van der Waals surface area contributed by atoms with E-state index in [-0.39, 0.29) is 10.3 Å². The number of aromatic nitrogens is 3. The van der Waals surface area contributed by atoms with E-state index in [1.807, 2.05) is 20.8 Å². The van der Waals surface area contributed by atoms with Crippen LogP contribution in [0.25, 0.3) is 0 Å².